The summed E-state index contributed by atoms with van der Waals surface area (Å²) in [5.74, 6) is -6.37. The topological polar surface area (TPSA) is 88.9 Å². The van der Waals surface area contributed by atoms with Crippen LogP contribution in [0.2, 0.25) is 0 Å². The number of hydrogen-bond acceptors (Lipinski definition) is 5. The number of halogens is 4. The molecule has 0 spiro atoms. The van der Waals surface area contributed by atoms with E-state index in [0.29, 0.717) is 17.0 Å². The van der Waals surface area contributed by atoms with E-state index < -0.39 is 46.8 Å². The van der Waals surface area contributed by atoms with E-state index in [9.17, 15) is 27.2 Å². The Kier molecular flexibility index (Phi) is 7.13. The van der Waals surface area contributed by atoms with Gasteiger partial charge in [0.2, 0.25) is 5.91 Å². The number of nitrogens with one attached hydrogen (secondary N) is 2. The highest BCUT2D eigenvalue weighted by molar-refractivity contribution is 7.99. The zero-order valence-electron chi connectivity index (χ0n) is 16.8. The van der Waals surface area contributed by atoms with Gasteiger partial charge >= 0.3 is 0 Å². The molecule has 168 valence electrons. The van der Waals surface area contributed by atoms with Gasteiger partial charge in [-0.15, -0.1) is 10.2 Å². The molecule has 2 aromatic carbocycles. The van der Waals surface area contributed by atoms with Crippen LogP contribution in [0.15, 0.2) is 41.6 Å². The third kappa shape index (κ3) is 5.07. The lowest BCUT2D eigenvalue weighted by atomic mass is 10.2. The molecule has 0 saturated carbocycles. The molecule has 0 radical (unpaired) electrons. The predicted molar refractivity (Wildman–Crippen MR) is 109 cm³/mol. The molecule has 1 unspecified atom stereocenters. The molecule has 0 aliphatic rings. The van der Waals surface area contributed by atoms with Crippen molar-refractivity contribution in [3.8, 4) is 0 Å². The van der Waals surface area contributed by atoms with Crippen LogP contribution < -0.4 is 10.6 Å². The van der Waals surface area contributed by atoms with E-state index in [1.807, 2.05) is 0 Å². The summed E-state index contributed by atoms with van der Waals surface area (Å²) in [5.41, 5.74) is -0.602. The van der Waals surface area contributed by atoms with Crippen LogP contribution >= 0.6 is 11.8 Å². The molecule has 12 heteroatoms. The first-order valence-corrected chi connectivity index (χ1v) is 10.2. The molecule has 0 aliphatic heterocycles. The highest BCUT2D eigenvalue weighted by atomic mass is 32.2. The molecule has 0 aliphatic carbocycles. The van der Waals surface area contributed by atoms with Crippen molar-refractivity contribution >= 4 is 29.3 Å². The van der Waals surface area contributed by atoms with Gasteiger partial charge in [-0.25, -0.2) is 17.6 Å². The van der Waals surface area contributed by atoms with Gasteiger partial charge in [0.25, 0.3) is 5.91 Å². The normalized spacial score (nSPS) is 11.8. The largest absolute Gasteiger partial charge is 0.342 e. The smallest absolute Gasteiger partial charge is 0.254 e. The summed E-state index contributed by atoms with van der Waals surface area (Å²) in [5, 5.41) is 13.0. The van der Waals surface area contributed by atoms with Gasteiger partial charge in [-0.1, -0.05) is 23.9 Å². The van der Waals surface area contributed by atoms with Crippen molar-refractivity contribution in [2.24, 2.45) is 7.05 Å². The minimum atomic E-state index is -1.68. The number of hydrogen-bond donors (Lipinski definition) is 2. The van der Waals surface area contributed by atoms with Crippen LogP contribution in [0.5, 0.6) is 0 Å². The van der Waals surface area contributed by atoms with E-state index in [4.69, 9.17) is 0 Å². The SMILES string of the molecule is CC(NC(=O)c1ccccc1F)c1nnc(SCC(=O)Nc2ccc(F)c(F)c2F)n1C. The quantitative estimate of drug-likeness (QED) is 0.315. The first kappa shape index (κ1) is 23.3. The van der Waals surface area contributed by atoms with Crippen molar-refractivity contribution < 1.29 is 27.2 Å². The first-order chi connectivity index (χ1) is 15.2. The molecule has 0 bridgehead atoms. The maximum atomic E-state index is 13.8. The Morgan fingerprint density at radius 3 is 2.47 bits per heavy atom. The zero-order valence-corrected chi connectivity index (χ0v) is 17.6. The molecule has 2 amide bonds. The molecule has 1 atom stereocenters. The van der Waals surface area contributed by atoms with Gasteiger partial charge in [0, 0.05) is 7.05 Å². The van der Waals surface area contributed by atoms with Crippen LogP contribution in [0.3, 0.4) is 0 Å². The summed E-state index contributed by atoms with van der Waals surface area (Å²) in [6.07, 6.45) is 0. The second-order valence-corrected chi connectivity index (χ2v) is 7.58. The van der Waals surface area contributed by atoms with Gasteiger partial charge in [-0.3, -0.25) is 9.59 Å². The maximum Gasteiger partial charge on any atom is 0.254 e. The van der Waals surface area contributed by atoms with Crippen molar-refractivity contribution in [3.05, 3.63) is 71.1 Å². The monoisotopic (exact) mass is 467 g/mol. The number of carbonyl (C=O) groups is 2. The third-order valence-corrected chi connectivity index (χ3v) is 5.38. The van der Waals surface area contributed by atoms with Crippen LogP contribution in [0.25, 0.3) is 0 Å². The van der Waals surface area contributed by atoms with Gasteiger partial charge in [0.15, 0.2) is 28.4 Å². The van der Waals surface area contributed by atoms with E-state index >= 15 is 0 Å². The average molecular weight is 467 g/mol. The molecule has 2 N–H and O–H groups in total. The number of thioether (sulfide) groups is 1. The predicted octanol–water partition coefficient (Wildman–Crippen LogP) is 3.59. The Bertz CT molecular complexity index is 1170. The zero-order chi connectivity index (χ0) is 23.4. The van der Waals surface area contributed by atoms with Gasteiger partial charge < -0.3 is 15.2 Å². The Morgan fingerprint density at radius 1 is 1.03 bits per heavy atom. The van der Waals surface area contributed by atoms with Crippen molar-refractivity contribution in [3.63, 3.8) is 0 Å². The Hall–Kier alpha value is -3.41. The third-order valence-electron chi connectivity index (χ3n) is 4.36. The average Bonchev–Trinajstić information content (AvgIpc) is 3.13. The summed E-state index contributed by atoms with van der Waals surface area (Å²) in [6, 6.07) is 6.52. The van der Waals surface area contributed by atoms with Crippen LogP contribution in [0.1, 0.15) is 29.1 Å². The van der Waals surface area contributed by atoms with E-state index in [0.717, 1.165) is 17.8 Å². The second kappa shape index (κ2) is 9.81. The highest BCUT2D eigenvalue weighted by Crippen LogP contribution is 2.22. The lowest BCUT2D eigenvalue weighted by molar-refractivity contribution is -0.113. The number of carbonyl (C=O) groups excluding carboxylic acids is 2. The molecule has 1 aromatic heterocycles. The molecular weight excluding hydrogens is 450 g/mol. The molecule has 1 heterocycles. The van der Waals surface area contributed by atoms with Crippen LogP contribution in [-0.4, -0.2) is 32.3 Å². The number of benzene rings is 2. The highest BCUT2D eigenvalue weighted by Gasteiger charge is 2.21. The Labute approximate surface area is 184 Å². The fraction of sp³-hybridized carbons (Fsp3) is 0.200. The Morgan fingerprint density at radius 2 is 1.75 bits per heavy atom. The van der Waals surface area contributed by atoms with Gasteiger partial charge in [0.1, 0.15) is 5.82 Å². The number of anilines is 1. The van der Waals surface area contributed by atoms with Crippen molar-refractivity contribution in [1.29, 1.82) is 0 Å². The summed E-state index contributed by atoms with van der Waals surface area (Å²) in [7, 11) is 1.61. The van der Waals surface area contributed by atoms with Crippen LogP contribution in [-0.2, 0) is 11.8 Å². The summed E-state index contributed by atoms with van der Waals surface area (Å²) in [4.78, 5) is 24.3. The summed E-state index contributed by atoms with van der Waals surface area (Å²) < 4.78 is 55.2. The standard InChI is InChI=1S/C20H17F4N5O2S/c1-10(25-19(31)11-5-3-4-6-12(11)21)18-27-28-20(29(18)2)32-9-15(30)26-14-8-7-13(22)16(23)17(14)24/h3-8,10H,9H2,1-2H3,(H,25,31)(H,26,30). The second-order valence-electron chi connectivity index (χ2n) is 6.63. The van der Waals surface area contributed by atoms with E-state index in [1.165, 1.54) is 28.8 Å². The lowest BCUT2D eigenvalue weighted by Gasteiger charge is -2.14. The molecule has 3 rings (SSSR count). The van der Waals surface area contributed by atoms with E-state index in [-0.39, 0.29) is 11.3 Å². The van der Waals surface area contributed by atoms with Crippen LogP contribution in [0, 0.1) is 23.3 Å². The van der Waals surface area contributed by atoms with Gasteiger partial charge in [0.05, 0.1) is 23.0 Å². The summed E-state index contributed by atoms with van der Waals surface area (Å²) >= 11 is 0.958. The molecule has 3 aromatic rings. The molecule has 0 saturated heterocycles. The first-order valence-electron chi connectivity index (χ1n) is 9.19. The van der Waals surface area contributed by atoms with Crippen LogP contribution in [0.4, 0.5) is 23.2 Å². The Balaban J connectivity index is 1.61. The maximum absolute atomic E-state index is 13.8. The van der Waals surface area contributed by atoms with Crippen molar-refractivity contribution in [1.82, 2.24) is 20.1 Å². The van der Waals surface area contributed by atoms with Gasteiger partial charge in [-0.2, -0.15) is 0 Å². The fourth-order valence-corrected chi connectivity index (χ4v) is 3.47. The number of nitrogens with zero attached hydrogens (tertiary/aromatic N) is 3. The van der Waals surface area contributed by atoms with E-state index in [1.54, 1.807) is 14.0 Å². The number of amides is 2. The van der Waals surface area contributed by atoms with Crippen molar-refractivity contribution in [2.75, 3.05) is 11.1 Å². The minimum Gasteiger partial charge on any atom is -0.342 e. The van der Waals surface area contributed by atoms with Crippen molar-refractivity contribution in [2.45, 2.75) is 18.1 Å². The molecular formula is C20H17F4N5O2S. The minimum absolute atomic E-state index is 0.114. The summed E-state index contributed by atoms with van der Waals surface area (Å²) in [6.45, 7) is 1.63. The number of rotatable bonds is 7. The molecule has 7 nitrogen and oxygen atoms in total. The molecule has 32 heavy (non-hydrogen) atoms. The lowest BCUT2D eigenvalue weighted by Crippen LogP contribution is -2.29. The van der Waals surface area contributed by atoms with E-state index in [2.05, 4.69) is 20.8 Å². The van der Waals surface area contributed by atoms with Gasteiger partial charge in [-0.05, 0) is 31.2 Å². The number of aromatic nitrogens is 3. The molecule has 0 fully saturated rings. The fourth-order valence-electron chi connectivity index (χ4n) is 2.75.